The minimum absolute atomic E-state index is 0.0203. The third-order valence-corrected chi connectivity index (χ3v) is 2.15. The highest BCUT2D eigenvalue weighted by molar-refractivity contribution is 5.98. The summed E-state index contributed by atoms with van der Waals surface area (Å²) in [7, 11) is 0. The van der Waals surface area contributed by atoms with E-state index in [9.17, 15) is 4.79 Å². The van der Waals surface area contributed by atoms with Crippen LogP contribution in [0.5, 0.6) is 0 Å². The third-order valence-electron chi connectivity index (χ3n) is 2.15. The molecule has 0 heterocycles. The van der Waals surface area contributed by atoms with Gasteiger partial charge >= 0.3 is 0 Å². The zero-order valence-electron chi connectivity index (χ0n) is 6.94. The van der Waals surface area contributed by atoms with Crippen LogP contribution in [0.25, 0.3) is 0 Å². The van der Waals surface area contributed by atoms with Crippen LogP contribution in [0.2, 0.25) is 0 Å². The first-order valence-electron chi connectivity index (χ1n) is 4.36. The fraction of sp³-hybridized carbons (Fsp3) is 0.600. The number of rotatable bonds is 1. The minimum atomic E-state index is 0.0203. The van der Waals surface area contributed by atoms with Crippen molar-refractivity contribution in [3.05, 3.63) is 18.6 Å². The van der Waals surface area contributed by atoms with E-state index in [1.54, 1.807) is 0 Å². The molecule has 0 aromatic carbocycles. The van der Waals surface area contributed by atoms with Crippen LogP contribution >= 0.6 is 0 Å². The molecule has 0 amide bonds. The van der Waals surface area contributed by atoms with Crippen molar-refractivity contribution in [2.75, 3.05) is 0 Å². The lowest BCUT2D eigenvalue weighted by atomic mass is 9.98. The summed E-state index contributed by atoms with van der Waals surface area (Å²) in [6, 6.07) is 0. The van der Waals surface area contributed by atoms with E-state index < -0.39 is 0 Å². The number of hydrogen-bond acceptors (Lipinski definition) is 1. The van der Waals surface area contributed by atoms with Crippen molar-refractivity contribution >= 4 is 5.78 Å². The van der Waals surface area contributed by atoms with Crippen molar-refractivity contribution in [2.24, 2.45) is 0 Å². The van der Waals surface area contributed by atoms with Gasteiger partial charge in [-0.25, -0.2) is 0 Å². The molecule has 1 rings (SSSR count). The van der Waals surface area contributed by atoms with Gasteiger partial charge in [0.2, 0.25) is 0 Å². The van der Waals surface area contributed by atoms with Gasteiger partial charge in [0.1, 0.15) is 0 Å². The van der Waals surface area contributed by atoms with Crippen molar-refractivity contribution < 1.29 is 4.79 Å². The highest BCUT2D eigenvalue weighted by atomic mass is 16.1. The molecule has 0 spiro atoms. The second-order valence-electron chi connectivity index (χ2n) is 3.11. The van der Waals surface area contributed by atoms with Gasteiger partial charge in [-0.1, -0.05) is 18.9 Å². The number of carbonyl (C=O) groups is 1. The molecule has 11 heavy (non-hydrogen) atoms. The lowest BCUT2D eigenvalue weighted by Crippen LogP contribution is -1.99. The van der Waals surface area contributed by atoms with E-state index in [-0.39, 0.29) is 5.78 Å². The summed E-state index contributed by atoms with van der Waals surface area (Å²) in [5, 5.41) is 0. The van der Waals surface area contributed by atoms with Crippen LogP contribution in [0.1, 0.15) is 38.5 Å². The number of ketones is 1. The molecule has 1 nitrogen and oxygen atoms in total. The molecule has 0 aliphatic heterocycles. The van der Waals surface area contributed by atoms with Crippen molar-refractivity contribution in [1.29, 1.82) is 0 Å². The van der Waals surface area contributed by atoms with Crippen LogP contribution in [0, 0.1) is 6.92 Å². The average molecular weight is 151 g/mol. The molecule has 0 unspecified atom stereocenters. The van der Waals surface area contributed by atoms with Crippen LogP contribution < -0.4 is 0 Å². The van der Waals surface area contributed by atoms with Crippen LogP contribution in [0.15, 0.2) is 11.6 Å². The molecule has 0 aromatic heterocycles. The monoisotopic (exact) mass is 151 g/mol. The smallest absolute Gasteiger partial charge is 0.158 e. The van der Waals surface area contributed by atoms with Gasteiger partial charge in [0.15, 0.2) is 5.78 Å². The van der Waals surface area contributed by atoms with Gasteiger partial charge in [-0.2, -0.15) is 0 Å². The Morgan fingerprint density at radius 3 is 2.73 bits per heavy atom. The van der Waals surface area contributed by atoms with Crippen molar-refractivity contribution in [3.63, 3.8) is 0 Å². The highest BCUT2D eigenvalue weighted by Gasteiger charge is 2.05. The van der Waals surface area contributed by atoms with Crippen LogP contribution in [0.4, 0.5) is 0 Å². The fourth-order valence-electron chi connectivity index (χ4n) is 1.44. The summed E-state index contributed by atoms with van der Waals surface area (Å²) >= 11 is 0. The van der Waals surface area contributed by atoms with Gasteiger partial charge in [0.05, 0.1) is 0 Å². The summed E-state index contributed by atoms with van der Waals surface area (Å²) in [6.45, 7) is 3.43. The summed E-state index contributed by atoms with van der Waals surface area (Å²) in [5.74, 6) is 0.0203. The second kappa shape index (κ2) is 4.32. The molecular weight excluding hydrogens is 136 g/mol. The standard InChI is InChI=1S/C10H15O/c1-9(11)10-7-5-3-2-4-6-8-10/h7H,1-6,8H2. The highest BCUT2D eigenvalue weighted by Crippen LogP contribution is 2.16. The van der Waals surface area contributed by atoms with E-state index in [1.165, 1.54) is 19.3 Å². The molecule has 1 radical (unpaired) electrons. The molecule has 0 saturated heterocycles. The van der Waals surface area contributed by atoms with Gasteiger partial charge in [0, 0.05) is 6.92 Å². The molecule has 61 valence electrons. The Labute approximate surface area is 68.5 Å². The summed E-state index contributed by atoms with van der Waals surface area (Å²) in [4.78, 5) is 10.9. The SMILES string of the molecule is [CH2]C(=O)C1=CCCCCCC1. The van der Waals surface area contributed by atoms with Crippen molar-refractivity contribution in [3.8, 4) is 0 Å². The molecule has 0 N–H and O–H groups in total. The topological polar surface area (TPSA) is 17.1 Å². The number of carbonyl (C=O) groups excluding carboxylic acids is 1. The van der Waals surface area contributed by atoms with Gasteiger partial charge in [0.25, 0.3) is 0 Å². The maximum Gasteiger partial charge on any atom is 0.158 e. The molecule has 0 atom stereocenters. The average Bonchev–Trinajstić information content (AvgIpc) is 1.84. The van der Waals surface area contributed by atoms with E-state index in [0.717, 1.165) is 24.8 Å². The number of Topliss-reactive ketones (excluding diaryl/α,β-unsaturated/α-hetero) is 1. The fourth-order valence-corrected chi connectivity index (χ4v) is 1.44. The van der Waals surface area contributed by atoms with Crippen LogP contribution in [-0.2, 0) is 4.79 Å². The Bertz CT molecular complexity index is 168. The van der Waals surface area contributed by atoms with E-state index in [4.69, 9.17) is 0 Å². The predicted molar refractivity (Wildman–Crippen MR) is 46.1 cm³/mol. The lowest BCUT2D eigenvalue weighted by Gasteiger charge is -2.07. The van der Waals surface area contributed by atoms with Gasteiger partial charge in [-0.15, -0.1) is 0 Å². The Balaban J connectivity index is 2.52. The Morgan fingerprint density at radius 1 is 1.27 bits per heavy atom. The first-order valence-corrected chi connectivity index (χ1v) is 4.36. The molecule has 0 saturated carbocycles. The van der Waals surface area contributed by atoms with Crippen molar-refractivity contribution in [1.82, 2.24) is 0 Å². The minimum Gasteiger partial charge on any atom is -0.295 e. The van der Waals surface area contributed by atoms with E-state index in [0.29, 0.717) is 0 Å². The van der Waals surface area contributed by atoms with Gasteiger partial charge in [-0.05, 0) is 31.3 Å². The molecule has 0 bridgehead atoms. The Hall–Kier alpha value is -0.590. The molecular formula is C10H15O. The van der Waals surface area contributed by atoms with Crippen LogP contribution in [0.3, 0.4) is 0 Å². The zero-order valence-corrected chi connectivity index (χ0v) is 6.94. The van der Waals surface area contributed by atoms with Gasteiger partial charge < -0.3 is 0 Å². The molecule has 1 aliphatic rings. The molecule has 1 heteroatoms. The summed E-state index contributed by atoms with van der Waals surface area (Å²) in [5.41, 5.74) is 0.949. The zero-order chi connectivity index (χ0) is 8.10. The third kappa shape index (κ3) is 2.87. The van der Waals surface area contributed by atoms with E-state index >= 15 is 0 Å². The van der Waals surface area contributed by atoms with E-state index in [2.05, 4.69) is 13.0 Å². The molecule has 0 fully saturated rings. The second-order valence-corrected chi connectivity index (χ2v) is 3.11. The first kappa shape index (κ1) is 8.51. The molecule has 1 aliphatic carbocycles. The maximum absolute atomic E-state index is 10.9. The van der Waals surface area contributed by atoms with Gasteiger partial charge in [-0.3, -0.25) is 4.79 Å². The number of hydrogen-bond donors (Lipinski definition) is 0. The lowest BCUT2D eigenvalue weighted by molar-refractivity contribution is -0.111. The molecule has 0 aromatic rings. The van der Waals surface area contributed by atoms with Crippen molar-refractivity contribution in [2.45, 2.75) is 38.5 Å². The first-order chi connectivity index (χ1) is 5.30. The number of allylic oxidation sites excluding steroid dienone is 2. The predicted octanol–water partition coefficient (Wildman–Crippen LogP) is 2.67. The Kier molecular flexibility index (Phi) is 3.34. The summed E-state index contributed by atoms with van der Waals surface area (Å²) < 4.78 is 0. The quantitative estimate of drug-likeness (QED) is 0.563. The maximum atomic E-state index is 10.9. The normalized spacial score (nSPS) is 19.9. The Morgan fingerprint density at radius 2 is 2.00 bits per heavy atom. The van der Waals surface area contributed by atoms with E-state index in [1.807, 2.05) is 0 Å². The summed E-state index contributed by atoms with van der Waals surface area (Å²) in [6.07, 6.45) is 9.05. The van der Waals surface area contributed by atoms with Crippen LogP contribution in [-0.4, -0.2) is 5.78 Å². The largest absolute Gasteiger partial charge is 0.295 e.